The van der Waals surface area contributed by atoms with E-state index in [0.29, 0.717) is 15.9 Å². The van der Waals surface area contributed by atoms with Crippen molar-refractivity contribution in [2.24, 2.45) is 0 Å². The van der Waals surface area contributed by atoms with Crippen molar-refractivity contribution in [2.45, 2.75) is 18.8 Å². The van der Waals surface area contributed by atoms with Crippen LogP contribution in [0.25, 0.3) is 0 Å². The normalized spacial score (nSPS) is 26.4. The minimum absolute atomic E-state index is 0.176. The number of rotatable bonds is 5. The lowest BCUT2D eigenvalue weighted by atomic mass is 10.5. The molecule has 0 aliphatic carbocycles. The molecule has 0 saturated carbocycles. The zero-order chi connectivity index (χ0) is 7.40. The van der Waals surface area contributed by atoms with Gasteiger partial charge in [-0.2, -0.15) is 0 Å². The second-order valence-electron chi connectivity index (χ2n) is 2.07. The van der Waals surface area contributed by atoms with Crippen LogP contribution in [0.15, 0.2) is 0 Å². The molecule has 4 heteroatoms. The van der Waals surface area contributed by atoms with E-state index >= 15 is 0 Å². The van der Waals surface area contributed by atoms with Crippen LogP contribution in [0.1, 0.15) is 6.92 Å². The zero-order valence-corrected chi connectivity index (χ0v) is 7.29. The summed E-state index contributed by atoms with van der Waals surface area (Å²) in [6, 6.07) is 0. The highest BCUT2D eigenvalue weighted by molar-refractivity contribution is 6.29. The van der Waals surface area contributed by atoms with Gasteiger partial charge in [0.25, 0.3) is 9.76 Å². The molecule has 0 spiro atoms. The Bertz CT molecular complexity index is 89.0. The molecular weight excluding hydrogens is 148 g/mol. The first kappa shape index (κ1) is 8.20. The van der Waals surface area contributed by atoms with Crippen LogP contribution in [0, 0.1) is 0 Å². The van der Waals surface area contributed by atoms with Gasteiger partial charge in [0.1, 0.15) is 11.8 Å². The molecule has 1 fully saturated rings. The van der Waals surface area contributed by atoms with Crippen LogP contribution in [-0.2, 0) is 13.9 Å². The average Bonchev–Trinajstić information content (AvgIpc) is 2.69. The third kappa shape index (κ3) is 2.38. The molecule has 0 amide bonds. The summed E-state index contributed by atoms with van der Waals surface area (Å²) < 4.78 is 15.4. The lowest BCUT2D eigenvalue weighted by Gasteiger charge is -2.10. The van der Waals surface area contributed by atoms with Crippen LogP contribution in [0.2, 0.25) is 0 Å². The third-order valence-electron chi connectivity index (χ3n) is 1.28. The van der Waals surface area contributed by atoms with E-state index in [1.54, 1.807) is 7.11 Å². The van der Waals surface area contributed by atoms with Crippen LogP contribution >= 0.6 is 0 Å². The minimum Gasteiger partial charge on any atom is -0.418 e. The van der Waals surface area contributed by atoms with E-state index in [0.717, 1.165) is 13.2 Å². The van der Waals surface area contributed by atoms with Crippen molar-refractivity contribution < 1.29 is 13.9 Å². The van der Waals surface area contributed by atoms with Gasteiger partial charge in [0.2, 0.25) is 0 Å². The minimum atomic E-state index is 0.176. The molecular formula is C6H12O3Si. The number of hydrogen-bond acceptors (Lipinski definition) is 3. The topological polar surface area (TPSA) is 31.0 Å². The summed E-state index contributed by atoms with van der Waals surface area (Å²) >= 11 is 0. The molecule has 2 radical (unpaired) electrons. The molecule has 1 aliphatic rings. The molecule has 0 bridgehead atoms. The Kier molecular flexibility index (Phi) is 3.34. The van der Waals surface area contributed by atoms with Gasteiger partial charge in [-0.05, 0) is 6.92 Å². The van der Waals surface area contributed by atoms with Crippen LogP contribution < -0.4 is 0 Å². The van der Waals surface area contributed by atoms with E-state index in [1.807, 2.05) is 6.92 Å². The number of hydrogen-bond donors (Lipinski definition) is 0. The van der Waals surface area contributed by atoms with Crippen molar-refractivity contribution in [1.29, 1.82) is 0 Å². The largest absolute Gasteiger partial charge is 0.418 e. The molecule has 1 saturated heterocycles. The van der Waals surface area contributed by atoms with Crippen molar-refractivity contribution in [2.75, 3.05) is 20.3 Å². The second-order valence-corrected chi connectivity index (χ2v) is 3.28. The van der Waals surface area contributed by atoms with Gasteiger partial charge in [-0.25, -0.2) is 0 Å². The van der Waals surface area contributed by atoms with Gasteiger partial charge < -0.3 is 13.9 Å². The smallest absolute Gasteiger partial charge is 0.264 e. The van der Waals surface area contributed by atoms with Crippen molar-refractivity contribution in [3.05, 3.63) is 0 Å². The quantitative estimate of drug-likeness (QED) is 0.419. The van der Waals surface area contributed by atoms with Gasteiger partial charge >= 0.3 is 0 Å². The highest BCUT2D eigenvalue weighted by Crippen LogP contribution is 2.15. The van der Waals surface area contributed by atoms with E-state index in [2.05, 4.69) is 0 Å². The fourth-order valence-electron chi connectivity index (χ4n) is 0.743. The molecule has 0 aromatic heterocycles. The molecule has 58 valence electrons. The Hall–Kier alpha value is 0.0969. The molecule has 1 aliphatic heterocycles. The summed E-state index contributed by atoms with van der Waals surface area (Å²) in [5.74, 6) is 0. The number of epoxide rings is 1. The molecule has 0 aromatic carbocycles. The Labute approximate surface area is 63.6 Å². The number of ether oxygens (including phenoxy) is 2. The van der Waals surface area contributed by atoms with E-state index in [9.17, 15) is 0 Å². The SMILES string of the molecule is CCOC([Si]OC)C1CO1. The van der Waals surface area contributed by atoms with Gasteiger partial charge in [0.15, 0.2) is 0 Å². The van der Waals surface area contributed by atoms with Crippen molar-refractivity contribution >= 4 is 9.76 Å². The molecule has 2 unspecified atom stereocenters. The van der Waals surface area contributed by atoms with Gasteiger partial charge in [0.05, 0.1) is 6.61 Å². The van der Waals surface area contributed by atoms with Gasteiger partial charge in [-0.1, -0.05) is 0 Å². The van der Waals surface area contributed by atoms with Crippen LogP contribution in [-0.4, -0.2) is 41.9 Å². The summed E-state index contributed by atoms with van der Waals surface area (Å²) in [5.41, 5.74) is 0.176. The third-order valence-corrected chi connectivity index (χ3v) is 2.28. The Morgan fingerprint density at radius 1 is 1.80 bits per heavy atom. The highest BCUT2D eigenvalue weighted by Gasteiger charge is 2.34. The van der Waals surface area contributed by atoms with Crippen molar-refractivity contribution in [3.8, 4) is 0 Å². The summed E-state index contributed by atoms with van der Waals surface area (Å²) in [4.78, 5) is 0. The molecule has 10 heavy (non-hydrogen) atoms. The fraction of sp³-hybridized carbons (Fsp3) is 1.00. The second kappa shape index (κ2) is 4.08. The summed E-state index contributed by atoms with van der Waals surface area (Å²) in [7, 11) is 2.10. The van der Waals surface area contributed by atoms with E-state index in [4.69, 9.17) is 13.9 Å². The lowest BCUT2D eigenvalue weighted by molar-refractivity contribution is 0.0849. The molecule has 1 rings (SSSR count). The van der Waals surface area contributed by atoms with E-state index in [1.165, 1.54) is 0 Å². The highest BCUT2D eigenvalue weighted by atomic mass is 28.2. The lowest BCUT2D eigenvalue weighted by Crippen LogP contribution is -2.28. The van der Waals surface area contributed by atoms with E-state index < -0.39 is 0 Å². The molecule has 1 heterocycles. The fourth-order valence-corrected chi connectivity index (χ4v) is 1.55. The molecule has 3 nitrogen and oxygen atoms in total. The first-order valence-electron chi connectivity index (χ1n) is 3.40. The van der Waals surface area contributed by atoms with Gasteiger partial charge in [0, 0.05) is 13.7 Å². The summed E-state index contributed by atoms with van der Waals surface area (Å²) in [5, 5.41) is 0. The molecule has 2 atom stereocenters. The Morgan fingerprint density at radius 3 is 2.90 bits per heavy atom. The van der Waals surface area contributed by atoms with Crippen molar-refractivity contribution in [3.63, 3.8) is 0 Å². The van der Waals surface area contributed by atoms with Crippen LogP contribution in [0.3, 0.4) is 0 Å². The predicted octanol–water partition coefficient (Wildman–Crippen LogP) is 0.0134. The van der Waals surface area contributed by atoms with Gasteiger partial charge in [-0.3, -0.25) is 0 Å². The standard InChI is InChI=1S/C6H12O3Si/c1-3-8-6(10-7-2)5-4-9-5/h5-6H,3-4H2,1-2H3. The molecule has 0 aromatic rings. The Morgan fingerprint density at radius 2 is 2.50 bits per heavy atom. The van der Waals surface area contributed by atoms with E-state index in [-0.39, 0.29) is 5.73 Å². The van der Waals surface area contributed by atoms with Crippen molar-refractivity contribution in [1.82, 2.24) is 0 Å². The van der Waals surface area contributed by atoms with Crippen LogP contribution in [0.4, 0.5) is 0 Å². The average molecular weight is 160 g/mol. The maximum absolute atomic E-state index is 5.37. The maximum atomic E-state index is 5.37. The van der Waals surface area contributed by atoms with Gasteiger partial charge in [-0.15, -0.1) is 0 Å². The molecule has 0 N–H and O–H groups in total. The first-order valence-corrected chi connectivity index (χ1v) is 4.38. The maximum Gasteiger partial charge on any atom is 0.264 e. The zero-order valence-electron chi connectivity index (χ0n) is 6.29. The predicted molar refractivity (Wildman–Crippen MR) is 37.9 cm³/mol. The first-order chi connectivity index (χ1) is 4.88. The summed E-state index contributed by atoms with van der Waals surface area (Å²) in [6.07, 6.45) is 0.304. The van der Waals surface area contributed by atoms with Crippen LogP contribution in [0.5, 0.6) is 0 Å². The Balaban J connectivity index is 2.13. The summed E-state index contributed by atoms with van der Waals surface area (Å²) in [6.45, 7) is 3.55. The monoisotopic (exact) mass is 160 g/mol.